The van der Waals surface area contributed by atoms with Crippen LogP contribution in [0.15, 0.2) is 16.6 Å². The normalized spacial score (nSPS) is 21.8. The average Bonchev–Trinajstić information content (AvgIpc) is 2.83. The van der Waals surface area contributed by atoms with Crippen molar-refractivity contribution in [3.8, 4) is 11.5 Å². The molecule has 0 saturated carbocycles. The van der Waals surface area contributed by atoms with Crippen molar-refractivity contribution >= 4 is 27.7 Å². The van der Waals surface area contributed by atoms with Gasteiger partial charge in [0.25, 0.3) is 0 Å². The van der Waals surface area contributed by atoms with Gasteiger partial charge in [0, 0.05) is 24.8 Å². The Balaban J connectivity index is 1.61. The SMILES string of the molecule is Brc1cc(CNCC2CCCS2)cc2c1OCCCO2. The predicted molar refractivity (Wildman–Crippen MR) is 86.9 cm³/mol. The van der Waals surface area contributed by atoms with E-state index in [-0.39, 0.29) is 0 Å². The molecule has 20 heavy (non-hydrogen) atoms. The minimum absolute atomic E-state index is 0.724. The standard InChI is InChI=1S/C15H20BrNO2S/c16-13-7-11(9-17-10-12-3-1-6-20-12)8-14-15(13)19-5-2-4-18-14/h7-8,12,17H,1-6,9-10H2. The highest BCUT2D eigenvalue weighted by Crippen LogP contribution is 2.38. The minimum Gasteiger partial charge on any atom is -0.490 e. The van der Waals surface area contributed by atoms with Gasteiger partial charge in [-0.05, 0) is 52.2 Å². The quantitative estimate of drug-likeness (QED) is 0.891. The molecule has 0 radical (unpaired) electrons. The maximum absolute atomic E-state index is 5.76. The fourth-order valence-electron chi connectivity index (χ4n) is 2.57. The number of hydrogen-bond donors (Lipinski definition) is 1. The Hall–Kier alpha value is -0.390. The lowest BCUT2D eigenvalue weighted by molar-refractivity contribution is 0.296. The minimum atomic E-state index is 0.724. The van der Waals surface area contributed by atoms with Crippen LogP contribution in [0.3, 0.4) is 0 Å². The van der Waals surface area contributed by atoms with E-state index >= 15 is 0 Å². The first-order valence-electron chi connectivity index (χ1n) is 7.23. The molecule has 1 fully saturated rings. The van der Waals surface area contributed by atoms with Gasteiger partial charge in [-0.1, -0.05) is 0 Å². The fourth-order valence-corrected chi connectivity index (χ4v) is 4.41. The number of ether oxygens (including phenoxy) is 2. The second kappa shape index (κ2) is 7.05. The fraction of sp³-hybridized carbons (Fsp3) is 0.600. The van der Waals surface area contributed by atoms with E-state index in [0.717, 1.165) is 53.9 Å². The lowest BCUT2D eigenvalue weighted by atomic mass is 10.2. The van der Waals surface area contributed by atoms with Crippen molar-refractivity contribution in [2.24, 2.45) is 0 Å². The Morgan fingerprint density at radius 3 is 3.00 bits per heavy atom. The summed E-state index contributed by atoms with van der Waals surface area (Å²) in [6, 6.07) is 4.22. The van der Waals surface area contributed by atoms with Crippen molar-refractivity contribution in [2.75, 3.05) is 25.5 Å². The molecule has 1 saturated heterocycles. The second-order valence-electron chi connectivity index (χ2n) is 5.22. The van der Waals surface area contributed by atoms with Crippen LogP contribution in [0, 0.1) is 0 Å². The third-order valence-corrected chi connectivity index (χ3v) is 5.57. The number of hydrogen-bond acceptors (Lipinski definition) is 4. The van der Waals surface area contributed by atoms with Gasteiger partial charge in [0.1, 0.15) is 0 Å². The van der Waals surface area contributed by atoms with Gasteiger partial charge in [-0.15, -0.1) is 0 Å². The molecule has 3 rings (SSSR count). The molecule has 0 spiro atoms. The number of benzene rings is 1. The summed E-state index contributed by atoms with van der Waals surface area (Å²) < 4.78 is 12.5. The Morgan fingerprint density at radius 1 is 1.25 bits per heavy atom. The van der Waals surface area contributed by atoms with E-state index in [0.29, 0.717) is 0 Å². The zero-order chi connectivity index (χ0) is 13.8. The highest BCUT2D eigenvalue weighted by atomic mass is 79.9. The summed E-state index contributed by atoms with van der Waals surface area (Å²) in [5.74, 6) is 3.03. The first kappa shape index (κ1) is 14.5. The van der Waals surface area contributed by atoms with Crippen LogP contribution < -0.4 is 14.8 Å². The van der Waals surface area contributed by atoms with Gasteiger partial charge in [0.2, 0.25) is 0 Å². The van der Waals surface area contributed by atoms with Gasteiger partial charge in [-0.3, -0.25) is 0 Å². The number of fused-ring (bicyclic) bond motifs is 1. The summed E-state index contributed by atoms with van der Waals surface area (Å²) in [5.41, 5.74) is 1.24. The van der Waals surface area contributed by atoms with Crippen molar-refractivity contribution in [2.45, 2.75) is 31.1 Å². The molecule has 2 aliphatic rings. The van der Waals surface area contributed by atoms with E-state index in [9.17, 15) is 0 Å². The molecular formula is C15H20BrNO2S. The van der Waals surface area contributed by atoms with Gasteiger partial charge >= 0.3 is 0 Å². The monoisotopic (exact) mass is 357 g/mol. The molecule has 1 aromatic rings. The van der Waals surface area contributed by atoms with E-state index in [1.54, 1.807) is 0 Å². The molecule has 0 aliphatic carbocycles. The Morgan fingerprint density at radius 2 is 2.15 bits per heavy atom. The van der Waals surface area contributed by atoms with Crippen LogP contribution in [0.5, 0.6) is 11.5 Å². The van der Waals surface area contributed by atoms with Gasteiger partial charge < -0.3 is 14.8 Å². The summed E-state index contributed by atoms with van der Waals surface area (Å²) in [4.78, 5) is 0. The van der Waals surface area contributed by atoms with Crippen LogP contribution >= 0.6 is 27.7 Å². The van der Waals surface area contributed by atoms with Crippen LogP contribution in [0.2, 0.25) is 0 Å². The van der Waals surface area contributed by atoms with Crippen LogP contribution in [0.1, 0.15) is 24.8 Å². The first-order chi connectivity index (χ1) is 9.83. The van der Waals surface area contributed by atoms with E-state index in [4.69, 9.17) is 9.47 Å². The largest absolute Gasteiger partial charge is 0.490 e. The summed E-state index contributed by atoms with van der Waals surface area (Å²) in [6.07, 6.45) is 3.66. The molecule has 110 valence electrons. The van der Waals surface area contributed by atoms with Crippen LogP contribution in [-0.4, -0.2) is 30.8 Å². The summed E-state index contributed by atoms with van der Waals surface area (Å²) in [6.45, 7) is 3.43. The van der Waals surface area contributed by atoms with Gasteiger partial charge in [-0.25, -0.2) is 0 Å². The average molecular weight is 358 g/mol. The molecule has 1 atom stereocenters. The van der Waals surface area contributed by atoms with Crippen LogP contribution in [0.25, 0.3) is 0 Å². The zero-order valence-corrected chi connectivity index (χ0v) is 13.9. The molecule has 1 N–H and O–H groups in total. The summed E-state index contributed by atoms with van der Waals surface area (Å²) >= 11 is 5.68. The second-order valence-corrected chi connectivity index (χ2v) is 7.48. The van der Waals surface area contributed by atoms with Crippen LogP contribution in [0.4, 0.5) is 0 Å². The van der Waals surface area contributed by atoms with Crippen molar-refractivity contribution in [3.63, 3.8) is 0 Å². The van der Waals surface area contributed by atoms with Crippen molar-refractivity contribution in [1.29, 1.82) is 0 Å². The molecule has 2 aliphatic heterocycles. The molecule has 0 amide bonds. The maximum atomic E-state index is 5.76. The molecule has 5 heteroatoms. The third kappa shape index (κ3) is 3.62. The molecule has 0 aromatic heterocycles. The number of halogens is 1. The van der Waals surface area contributed by atoms with Crippen molar-refractivity contribution in [1.82, 2.24) is 5.32 Å². The number of rotatable bonds is 4. The Bertz CT molecular complexity index is 463. The predicted octanol–water partition coefficient (Wildman–Crippen LogP) is 3.60. The van der Waals surface area contributed by atoms with Gasteiger partial charge in [0.15, 0.2) is 11.5 Å². The van der Waals surface area contributed by atoms with Crippen LogP contribution in [-0.2, 0) is 6.54 Å². The number of thioether (sulfide) groups is 1. The Labute approximate surface area is 132 Å². The summed E-state index contributed by atoms with van der Waals surface area (Å²) in [7, 11) is 0. The molecule has 1 unspecified atom stereocenters. The van der Waals surface area contributed by atoms with Crippen molar-refractivity contribution < 1.29 is 9.47 Å². The topological polar surface area (TPSA) is 30.5 Å². The molecule has 0 bridgehead atoms. The molecule has 3 nitrogen and oxygen atoms in total. The van der Waals surface area contributed by atoms with E-state index in [1.165, 1.54) is 24.2 Å². The Kier molecular flexibility index (Phi) is 5.13. The van der Waals surface area contributed by atoms with E-state index in [2.05, 4.69) is 45.1 Å². The molecular weight excluding hydrogens is 338 g/mol. The van der Waals surface area contributed by atoms with Gasteiger partial charge in [-0.2, -0.15) is 11.8 Å². The smallest absolute Gasteiger partial charge is 0.175 e. The highest BCUT2D eigenvalue weighted by Gasteiger charge is 2.17. The van der Waals surface area contributed by atoms with Gasteiger partial charge in [0.05, 0.1) is 17.7 Å². The van der Waals surface area contributed by atoms with Crippen molar-refractivity contribution in [3.05, 3.63) is 22.2 Å². The lowest BCUT2D eigenvalue weighted by Gasteiger charge is -2.13. The van der Waals surface area contributed by atoms with E-state index in [1.807, 2.05) is 0 Å². The maximum Gasteiger partial charge on any atom is 0.175 e. The number of nitrogens with one attached hydrogen (secondary N) is 1. The zero-order valence-electron chi connectivity index (χ0n) is 11.5. The lowest BCUT2D eigenvalue weighted by Crippen LogP contribution is -2.22. The molecule has 1 aromatic carbocycles. The third-order valence-electron chi connectivity index (χ3n) is 3.59. The van der Waals surface area contributed by atoms with E-state index < -0.39 is 0 Å². The highest BCUT2D eigenvalue weighted by molar-refractivity contribution is 9.10. The molecule has 2 heterocycles. The first-order valence-corrected chi connectivity index (χ1v) is 9.07. The summed E-state index contributed by atoms with van der Waals surface area (Å²) in [5, 5.41) is 4.35.